The van der Waals surface area contributed by atoms with E-state index >= 15 is 0 Å². The largest absolute Gasteiger partial charge is 0.396 e. The third-order valence-corrected chi connectivity index (χ3v) is 5.11. The Morgan fingerprint density at radius 2 is 2.07 bits per heavy atom. The summed E-state index contributed by atoms with van der Waals surface area (Å²) in [5.41, 5.74) is 8.42. The average Bonchev–Trinajstić information content (AvgIpc) is 2.72. The Labute approximate surface area is 166 Å². The van der Waals surface area contributed by atoms with Gasteiger partial charge in [0, 0.05) is 36.7 Å². The predicted molar refractivity (Wildman–Crippen MR) is 110 cm³/mol. The number of fused-ring (bicyclic) bond motifs is 1. The summed E-state index contributed by atoms with van der Waals surface area (Å²) in [5, 5.41) is 12.9. The van der Waals surface area contributed by atoms with Gasteiger partial charge in [-0.15, -0.1) is 0 Å². The van der Waals surface area contributed by atoms with Gasteiger partial charge in [0.1, 0.15) is 5.82 Å². The van der Waals surface area contributed by atoms with Crippen LogP contribution < -0.4 is 11.1 Å². The third kappa shape index (κ3) is 4.78. The van der Waals surface area contributed by atoms with Gasteiger partial charge in [0.05, 0.1) is 12.2 Å². The van der Waals surface area contributed by atoms with E-state index < -0.39 is 0 Å². The maximum Gasteiger partial charge on any atom is 0.254 e. The number of nitrogens with two attached hydrogens (primary N) is 1. The lowest BCUT2D eigenvalue weighted by molar-refractivity contribution is 0.0734. The van der Waals surface area contributed by atoms with Crippen LogP contribution in [0.2, 0.25) is 0 Å². The summed E-state index contributed by atoms with van der Waals surface area (Å²) in [7, 11) is 0. The number of hydrogen-bond donors (Lipinski definition) is 3. The van der Waals surface area contributed by atoms with Crippen LogP contribution in [0.25, 0.3) is 0 Å². The summed E-state index contributed by atoms with van der Waals surface area (Å²) in [5.74, 6) is 0.928. The van der Waals surface area contributed by atoms with Crippen molar-refractivity contribution in [2.45, 2.75) is 51.6 Å². The summed E-state index contributed by atoms with van der Waals surface area (Å²) in [6, 6.07) is 9.42. The molecule has 0 unspecified atom stereocenters. The van der Waals surface area contributed by atoms with Gasteiger partial charge in [-0.1, -0.05) is 38.0 Å². The van der Waals surface area contributed by atoms with Crippen LogP contribution in [0, 0.1) is 0 Å². The minimum atomic E-state index is 0.00640. The highest BCUT2D eigenvalue weighted by Gasteiger charge is 2.26. The lowest BCUT2D eigenvalue weighted by Gasteiger charge is -2.30. The number of rotatable bonds is 8. The second kappa shape index (κ2) is 9.50. The third-order valence-electron chi connectivity index (χ3n) is 5.11. The Morgan fingerprint density at radius 1 is 1.29 bits per heavy atom. The van der Waals surface area contributed by atoms with Crippen molar-refractivity contribution in [3.63, 3.8) is 0 Å². The molecular formula is C21H29N5O2. The molecule has 1 aromatic heterocycles. The van der Waals surface area contributed by atoms with Crippen LogP contribution in [0.1, 0.15) is 54.2 Å². The molecule has 3 rings (SSSR count). The molecule has 0 saturated heterocycles. The topological polar surface area (TPSA) is 104 Å². The molecule has 1 aliphatic heterocycles. The van der Waals surface area contributed by atoms with Crippen molar-refractivity contribution in [2.75, 3.05) is 24.2 Å². The van der Waals surface area contributed by atoms with Crippen molar-refractivity contribution < 1.29 is 9.90 Å². The van der Waals surface area contributed by atoms with E-state index in [2.05, 4.69) is 22.2 Å². The number of hydrogen-bond acceptors (Lipinski definition) is 6. The van der Waals surface area contributed by atoms with E-state index in [9.17, 15) is 9.90 Å². The van der Waals surface area contributed by atoms with Gasteiger partial charge in [-0.05, 0) is 25.0 Å². The lowest BCUT2D eigenvalue weighted by Crippen LogP contribution is -2.37. The summed E-state index contributed by atoms with van der Waals surface area (Å²) in [6.45, 7) is 3.31. The van der Waals surface area contributed by atoms with Gasteiger partial charge < -0.3 is 21.1 Å². The molecule has 7 heteroatoms. The Hall–Kier alpha value is -2.67. The number of nitrogens with one attached hydrogen (secondary N) is 1. The number of benzene rings is 1. The van der Waals surface area contributed by atoms with Crippen molar-refractivity contribution in [1.82, 2.24) is 14.9 Å². The second-order valence-corrected chi connectivity index (χ2v) is 7.19. The maximum absolute atomic E-state index is 12.9. The predicted octanol–water partition coefficient (Wildman–Crippen LogP) is 2.61. The van der Waals surface area contributed by atoms with Gasteiger partial charge in [-0.2, -0.15) is 4.98 Å². The molecule has 0 saturated carbocycles. The summed E-state index contributed by atoms with van der Waals surface area (Å²) < 4.78 is 0. The number of anilines is 2. The molecule has 0 bridgehead atoms. The van der Waals surface area contributed by atoms with Crippen LogP contribution >= 0.6 is 0 Å². The van der Waals surface area contributed by atoms with Crippen LogP contribution in [0.15, 0.2) is 30.3 Å². The molecule has 1 atom stereocenters. The number of aromatic nitrogens is 2. The van der Waals surface area contributed by atoms with E-state index in [0.717, 1.165) is 30.5 Å². The fraction of sp³-hybridized carbons (Fsp3) is 0.476. The summed E-state index contributed by atoms with van der Waals surface area (Å²) in [4.78, 5) is 23.5. The minimum absolute atomic E-state index is 0.00640. The van der Waals surface area contributed by atoms with E-state index in [4.69, 9.17) is 5.73 Å². The van der Waals surface area contributed by atoms with Crippen molar-refractivity contribution >= 4 is 17.7 Å². The second-order valence-electron chi connectivity index (χ2n) is 7.19. The Kier molecular flexibility index (Phi) is 6.81. The number of nitrogens with zero attached hydrogens (tertiary/aromatic N) is 3. The first-order valence-corrected chi connectivity index (χ1v) is 9.99. The van der Waals surface area contributed by atoms with Gasteiger partial charge >= 0.3 is 0 Å². The van der Waals surface area contributed by atoms with E-state index in [1.54, 1.807) is 0 Å². The number of aliphatic hydroxyl groups is 1. The SMILES string of the molecule is CCCC[C@@H](CCO)Nc1nc(N)nc2c1CN(C(=O)c1ccccc1)CC2. The molecular weight excluding hydrogens is 354 g/mol. The molecule has 28 heavy (non-hydrogen) atoms. The number of amides is 1. The number of nitrogen functional groups attached to an aromatic ring is 1. The summed E-state index contributed by atoms with van der Waals surface area (Å²) >= 11 is 0. The van der Waals surface area contributed by atoms with Crippen LogP contribution in [-0.2, 0) is 13.0 Å². The quantitative estimate of drug-likeness (QED) is 0.647. The molecule has 0 aliphatic carbocycles. The fourth-order valence-corrected chi connectivity index (χ4v) is 3.58. The number of carbonyl (C=O) groups is 1. The van der Waals surface area contributed by atoms with Crippen molar-refractivity contribution in [3.8, 4) is 0 Å². The van der Waals surface area contributed by atoms with Gasteiger partial charge in [-0.25, -0.2) is 4.98 Å². The Bertz CT molecular complexity index is 797. The Balaban J connectivity index is 1.82. The Morgan fingerprint density at radius 3 is 2.79 bits per heavy atom. The lowest BCUT2D eigenvalue weighted by atomic mass is 10.0. The van der Waals surface area contributed by atoms with Gasteiger partial charge in [-0.3, -0.25) is 4.79 Å². The number of aliphatic hydroxyl groups excluding tert-OH is 1. The highest BCUT2D eigenvalue weighted by atomic mass is 16.3. The minimum Gasteiger partial charge on any atom is -0.396 e. The first-order valence-electron chi connectivity index (χ1n) is 9.99. The zero-order valence-corrected chi connectivity index (χ0v) is 16.4. The van der Waals surface area contributed by atoms with Crippen LogP contribution in [0.3, 0.4) is 0 Å². The molecule has 150 valence electrons. The highest BCUT2D eigenvalue weighted by molar-refractivity contribution is 5.94. The molecule has 2 aromatic rings. The van der Waals surface area contributed by atoms with Crippen LogP contribution in [-0.4, -0.2) is 45.1 Å². The van der Waals surface area contributed by atoms with Crippen molar-refractivity contribution in [3.05, 3.63) is 47.2 Å². The standard InChI is InChI=1S/C21H29N5O2/c1-2-3-9-16(11-13-27)23-19-17-14-26(12-10-18(17)24-21(22)25-19)20(28)15-7-5-4-6-8-15/h4-8,16,27H,2-3,9-14H2,1H3,(H3,22,23,24,25)/t16-/m0/s1. The zero-order chi connectivity index (χ0) is 19.9. The van der Waals surface area contributed by atoms with Crippen LogP contribution in [0.4, 0.5) is 11.8 Å². The van der Waals surface area contributed by atoms with Crippen LogP contribution in [0.5, 0.6) is 0 Å². The van der Waals surface area contributed by atoms with Gasteiger partial charge in [0.2, 0.25) is 5.95 Å². The number of unbranched alkanes of at least 4 members (excludes halogenated alkanes) is 1. The molecule has 7 nitrogen and oxygen atoms in total. The number of carbonyl (C=O) groups excluding carboxylic acids is 1. The smallest absolute Gasteiger partial charge is 0.254 e. The molecule has 4 N–H and O–H groups in total. The maximum atomic E-state index is 12.9. The molecule has 0 radical (unpaired) electrons. The normalized spacial score (nSPS) is 14.4. The molecule has 1 aromatic carbocycles. The molecule has 2 heterocycles. The van der Waals surface area contributed by atoms with Gasteiger partial charge in [0.25, 0.3) is 5.91 Å². The van der Waals surface area contributed by atoms with Gasteiger partial charge in [0.15, 0.2) is 0 Å². The van der Waals surface area contributed by atoms with E-state index in [1.807, 2.05) is 35.2 Å². The highest BCUT2D eigenvalue weighted by Crippen LogP contribution is 2.27. The van der Waals surface area contributed by atoms with E-state index in [-0.39, 0.29) is 24.5 Å². The van der Waals surface area contributed by atoms with E-state index in [0.29, 0.717) is 37.3 Å². The average molecular weight is 383 g/mol. The summed E-state index contributed by atoms with van der Waals surface area (Å²) in [6.07, 6.45) is 4.40. The molecule has 0 fully saturated rings. The molecule has 0 spiro atoms. The first kappa shape index (κ1) is 20.1. The van der Waals surface area contributed by atoms with Crippen molar-refractivity contribution in [2.24, 2.45) is 0 Å². The monoisotopic (exact) mass is 383 g/mol. The zero-order valence-electron chi connectivity index (χ0n) is 16.4. The van der Waals surface area contributed by atoms with Crippen molar-refractivity contribution in [1.29, 1.82) is 0 Å². The fourth-order valence-electron chi connectivity index (χ4n) is 3.58. The van der Waals surface area contributed by atoms with E-state index in [1.165, 1.54) is 0 Å². The molecule has 1 aliphatic rings. The first-order chi connectivity index (χ1) is 13.6. The molecule has 1 amide bonds.